The van der Waals surface area contributed by atoms with Crippen LogP contribution in [0.4, 0.5) is 5.82 Å². The minimum Gasteiger partial charge on any atom is -0.355 e. The highest BCUT2D eigenvalue weighted by Gasteiger charge is 2.22. The van der Waals surface area contributed by atoms with E-state index >= 15 is 0 Å². The van der Waals surface area contributed by atoms with Crippen LogP contribution in [0.5, 0.6) is 0 Å². The number of piperidine rings is 1. The lowest BCUT2D eigenvalue weighted by Crippen LogP contribution is -2.49. The van der Waals surface area contributed by atoms with Crippen molar-refractivity contribution in [2.45, 2.75) is 25.4 Å². The third-order valence-electron chi connectivity index (χ3n) is 3.86. The summed E-state index contributed by atoms with van der Waals surface area (Å²) < 4.78 is 1.30. The van der Waals surface area contributed by atoms with Crippen LogP contribution in [-0.4, -0.2) is 39.6 Å². The van der Waals surface area contributed by atoms with Crippen molar-refractivity contribution in [3.63, 3.8) is 0 Å². The molecular formula is C16H19N5O2. The predicted molar refractivity (Wildman–Crippen MR) is 86.1 cm³/mol. The molecule has 1 N–H and O–H groups in total. The second-order valence-corrected chi connectivity index (χ2v) is 5.57. The van der Waals surface area contributed by atoms with Crippen molar-refractivity contribution >= 4 is 11.7 Å². The van der Waals surface area contributed by atoms with E-state index in [1.165, 1.54) is 10.8 Å². The molecule has 0 saturated carbocycles. The number of nitrogens with zero attached hydrogens (tertiary/aromatic N) is 4. The molecule has 2 aromatic rings. The van der Waals surface area contributed by atoms with Gasteiger partial charge in [0.25, 0.3) is 0 Å². The van der Waals surface area contributed by atoms with Gasteiger partial charge in [0.05, 0.1) is 0 Å². The molecule has 1 amide bonds. The Balaban J connectivity index is 1.58. The maximum Gasteiger partial charge on any atom is 0.347 e. The highest BCUT2D eigenvalue weighted by atomic mass is 16.2. The number of hydrogen-bond acceptors (Lipinski definition) is 5. The van der Waals surface area contributed by atoms with Crippen LogP contribution in [0.15, 0.2) is 47.7 Å². The summed E-state index contributed by atoms with van der Waals surface area (Å²) in [5, 5.41) is 3.00. The second-order valence-electron chi connectivity index (χ2n) is 5.57. The maximum absolute atomic E-state index is 12.1. The van der Waals surface area contributed by atoms with Crippen LogP contribution in [0.25, 0.3) is 0 Å². The fraction of sp³-hybridized carbons (Fsp3) is 0.375. The SMILES string of the molecule is O=C(Cn1cccnc1=O)N[C@H]1CCCN(c2ccccn2)C1. The monoisotopic (exact) mass is 313 g/mol. The van der Waals surface area contributed by atoms with Gasteiger partial charge in [-0.15, -0.1) is 0 Å². The molecule has 1 aliphatic heterocycles. The molecule has 0 aliphatic carbocycles. The van der Waals surface area contributed by atoms with Gasteiger partial charge in [0.2, 0.25) is 5.91 Å². The second kappa shape index (κ2) is 7.04. The Morgan fingerprint density at radius 3 is 2.91 bits per heavy atom. The van der Waals surface area contributed by atoms with Gasteiger partial charge in [-0.2, -0.15) is 0 Å². The number of carbonyl (C=O) groups excluding carboxylic acids is 1. The van der Waals surface area contributed by atoms with E-state index in [1.807, 2.05) is 18.2 Å². The van der Waals surface area contributed by atoms with E-state index < -0.39 is 5.69 Å². The van der Waals surface area contributed by atoms with Crippen molar-refractivity contribution in [1.82, 2.24) is 19.9 Å². The first-order valence-electron chi connectivity index (χ1n) is 7.69. The maximum atomic E-state index is 12.1. The van der Waals surface area contributed by atoms with E-state index in [4.69, 9.17) is 0 Å². The average Bonchev–Trinajstić information content (AvgIpc) is 2.58. The van der Waals surface area contributed by atoms with Crippen LogP contribution in [-0.2, 0) is 11.3 Å². The molecule has 7 nitrogen and oxygen atoms in total. The van der Waals surface area contributed by atoms with Gasteiger partial charge in [-0.05, 0) is 31.0 Å². The molecule has 1 fully saturated rings. The molecule has 3 heterocycles. The van der Waals surface area contributed by atoms with Gasteiger partial charge < -0.3 is 10.2 Å². The molecule has 7 heteroatoms. The molecule has 120 valence electrons. The molecule has 0 radical (unpaired) electrons. The van der Waals surface area contributed by atoms with Crippen LogP contribution < -0.4 is 15.9 Å². The van der Waals surface area contributed by atoms with E-state index in [-0.39, 0.29) is 18.5 Å². The number of hydrogen-bond donors (Lipinski definition) is 1. The minimum absolute atomic E-state index is 0.00718. The van der Waals surface area contributed by atoms with Gasteiger partial charge in [0.1, 0.15) is 12.4 Å². The Bertz CT molecular complexity index is 716. The van der Waals surface area contributed by atoms with Gasteiger partial charge in [-0.25, -0.2) is 14.8 Å². The van der Waals surface area contributed by atoms with Gasteiger partial charge >= 0.3 is 5.69 Å². The molecule has 23 heavy (non-hydrogen) atoms. The first-order chi connectivity index (χ1) is 11.2. The highest BCUT2D eigenvalue weighted by Crippen LogP contribution is 2.17. The number of pyridine rings is 1. The molecule has 1 aliphatic rings. The third-order valence-corrected chi connectivity index (χ3v) is 3.86. The Morgan fingerprint density at radius 2 is 2.13 bits per heavy atom. The largest absolute Gasteiger partial charge is 0.355 e. The van der Waals surface area contributed by atoms with Crippen LogP contribution in [0.2, 0.25) is 0 Å². The zero-order chi connectivity index (χ0) is 16.1. The van der Waals surface area contributed by atoms with Crippen LogP contribution >= 0.6 is 0 Å². The van der Waals surface area contributed by atoms with Crippen LogP contribution in [0.1, 0.15) is 12.8 Å². The van der Waals surface area contributed by atoms with Crippen molar-refractivity contribution in [2.75, 3.05) is 18.0 Å². The molecule has 0 unspecified atom stereocenters. The lowest BCUT2D eigenvalue weighted by atomic mass is 10.1. The fourth-order valence-electron chi connectivity index (χ4n) is 2.78. The summed E-state index contributed by atoms with van der Waals surface area (Å²) in [5.41, 5.74) is -0.415. The Labute approximate surface area is 134 Å². The van der Waals surface area contributed by atoms with Gasteiger partial charge in [-0.3, -0.25) is 9.36 Å². The number of rotatable bonds is 4. The summed E-state index contributed by atoms with van der Waals surface area (Å²) in [6, 6.07) is 7.51. The Morgan fingerprint density at radius 1 is 1.26 bits per heavy atom. The summed E-state index contributed by atoms with van der Waals surface area (Å²) in [6.45, 7) is 1.66. The van der Waals surface area contributed by atoms with Gasteiger partial charge in [0.15, 0.2) is 0 Å². The highest BCUT2D eigenvalue weighted by molar-refractivity contribution is 5.76. The predicted octanol–water partition coefficient (Wildman–Crippen LogP) is 0.423. The summed E-state index contributed by atoms with van der Waals surface area (Å²) in [7, 11) is 0. The van der Waals surface area contributed by atoms with Crippen LogP contribution in [0.3, 0.4) is 0 Å². The zero-order valence-corrected chi connectivity index (χ0v) is 12.8. The Hall–Kier alpha value is -2.70. The molecule has 1 atom stereocenters. The summed E-state index contributed by atoms with van der Waals surface area (Å²) in [4.78, 5) is 33.9. The van der Waals surface area contributed by atoms with Crippen LogP contribution in [0, 0.1) is 0 Å². The number of amides is 1. The minimum atomic E-state index is -0.415. The summed E-state index contributed by atoms with van der Waals surface area (Å²) in [5.74, 6) is 0.753. The van der Waals surface area contributed by atoms with Gasteiger partial charge in [-0.1, -0.05) is 6.07 Å². The van der Waals surface area contributed by atoms with E-state index in [9.17, 15) is 9.59 Å². The first-order valence-corrected chi connectivity index (χ1v) is 7.69. The quantitative estimate of drug-likeness (QED) is 0.885. The van der Waals surface area contributed by atoms with E-state index in [0.29, 0.717) is 0 Å². The van der Waals surface area contributed by atoms with E-state index in [0.717, 1.165) is 31.7 Å². The van der Waals surface area contributed by atoms with Crippen molar-refractivity contribution < 1.29 is 4.79 Å². The van der Waals surface area contributed by atoms with Crippen molar-refractivity contribution in [2.24, 2.45) is 0 Å². The lowest BCUT2D eigenvalue weighted by molar-refractivity contribution is -0.122. The standard InChI is InChI=1S/C16H19N5O2/c22-15(12-21-10-4-8-18-16(21)23)19-13-5-3-9-20(11-13)14-6-1-2-7-17-14/h1-2,4,6-8,10,13H,3,5,9,11-12H2,(H,19,22)/t13-/m0/s1. The number of aromatic nitrogens is 3. The number of nitrogens with one attached hydrogen (secondary N) is 1. The topological polar surface area (TPSA) is 80.1 Å². The molecule has 0 spiro atoms. The van der Waals surface area contributed by atoms with Crippen molar-refractivity contribution in [3.05, 3.63) is 53.3 Å². The number of anilines is 1. The molecule has 0 aromatic carbocycles. The summed E-state index contributed by atoms with van der Waals surface area (Å²) in [6.07, 6.45) is 6.68. The lowest BCUT2D eigenvalue weighted by Gasteiger charge is -2.34. The summed E-state index contributed by atoms with van der Waals surface area (Å²) >= 11 is 0. The van der Waals surface area contributed by atoms with E-state index in [1.54, 1.807) is 18.5 Å². The van der Waals surface area contributed by atoms with Gasteiger partial charge in [0, 0.05) is 37.7 Å². The van der Waals surface area contributed by atoms with E-state index in [2.05, 4.69) is 20.2 Å². The molecule has 0 bridgehead atoms. The average molecular weight is 313 g/mol. The molecule has 1 saturated heterocycles. The molecular weight excluding hydrogens is 294 g/mol. The number of carbonyl (C=O) groups is 1. The third kappa shape index (κ3) is 3.94. The van der Waals surface area contributed by atoms with Crippen molar-refractivity contribution in [3.8, 4) is 0 Å². The normalized spacial score (nSPS) is 17.7. The molecule has 3 rings (SSSR count). The first kappa shape index (κ1) is 15.2. The zero-order valence-electron chi connectivity index (χ0n) is 12.8. The van der Waals surface area contributed by atoms with Crippen molar-refractivity contribution in [1.29, 1.82) is 0 Å². The Kier molecular flexibility index (Phi) is 4.65. The molecule has 2 aromatic heterocycles. The fourth-order valence-corrected chi connectivity index (χ4v) is 2.78. The smallest absolute Gasteiger partial charge is 0.347 e.